The number of aliphatic carboxylic acids is 2. The van der Waals surface area contributed by atoms with E-state index in [1.807, 2.05) is 0 Å². The van der Waals surface area contributed by atoms with E-state index in [4.69, 9.17) is 13.3 Å². The number of hydrogen-bond donors (Lipinski definition) is 0. The third kappa shape index (κ3) is 14.3. The molecule has 0 rings (SSSR count). The molecule has 0 aliphatic carbocycles. The van der Waals surface area contributed by atoms with Crippen LogP contribution < -0.4 is 104 Å². The third-order valence-electron chi connectivity index (χ3n) is 2.96. The van der Waals surface area contributed by atoms with Gasteiger partial charge >= 0.3 is 97.5 Å². The van der Waals surface area contributed by atoms with Crippen LogP contribution in [0.15, 0.2) is 0 Å². The molecule has 0 radical (unpaired) electrons. The van der Waals surface area contributed by atoms with Gasteiger partial charge in [-0.05, 0) is 0 Å². The molecular weight excluding hydrogens is 401 g/mol. The molecule has 0 aromatic rings. The van der Waals surface area contributed by atoms with Gasteiger partial charge in [0.2, 0.25) is 0 Å². The van der Waals surface area contributed by atoms with Crippen molar-refractivity contribution in [2.75, 3.05) is 47.6 Å². The topological polar surface area (TPSA) is 155 Å². The van der Waals surface area contributed by atoms with Gasteiger partial charge in [0.25, 0.3) is 0 Å². The second-order valence-corrected chi connectivity index (χ2v) is 7.54. The Kier molecular flexibility index (Phi) is 24.5. The van der Waals surface area contributed by atoms with E-state index in [1.165, 1.54) is 21.3 Å². The fraction of sp³-hybridized carbons (Fsp3) is 0.727. The predicted molar refractivity (Wildman–Crippen MR) is 70.1 cm³/mol. The Morgan fingerprint density at radius 2 is 1.23 bits per heavy atom. The van der Waals surface area contributed by atoms with Crippen LogP contribution >= 0.6 is 0 Å². The Morgan fingerprint density at radius 1 is 0.846 bits per heavy atom. The molecule has 134 valence electrons. The summed E-state index contributed by atoms with van der Waals surface area (Å²) in [5.74, 6) is -3.11. The van der Waals surface area contributed by atoms with Gasteiger partial charge in [-0.25, -0.2) is 0 Å². The zero-order chi connectivity index (χ0) is 18.0. The van der Waals surface area contributed by atoms with Crippen molar-refractivity contribution in [1.29, 1.82) is 0 Å². The van der Waals surface area contributed by atoms with Crippen LogP contribution in [0.1, 0.15) is 0 Å². The normalized spacial score (nSPS) is 10.2. The first kappa shape index (κ1) is 34.8. The standard InChI is InChI=1S/C11H22N2O9Si.3Na/c1-20-23(21-2,22-3)5-4-13(11(18)19)8-12(6-9(14)15)7-10(16)17;;;/h4-8H2,1-3H3,(H,14,15)(H,16,17)(H,18,19);;;/q;3*+1/p-3. The number of hydrogen-bond acceptors (Lipinski definition) is 10. The van der Waals surface area contributed by atoms with Crippen LogP contribution in [0.4, 0.5) is 4.79 Å². The van der Waals surface area contributed by atoms with Crippen LogP contribution in [-0.2, 0) is 22.9 Å². The average Bonchev–Trinajstić information content (AvgIpc) is 2.46. The summed E-state index contributed by atoms with van der Waals surface area (Å²) in [7, 11) is 0.995. The van der Waals surface area contributed by atoms with Crippen molar-refractivity contribution in [2.24, 2.45) is 0 Å². The Hall–Kier alpha value is 1.27. The van der Waals surface area contributed by atoms with Crippen LogP contribution in [0, 0.1) is 0 Å². The van der Waals surface area contributed by atoms with Crippen molar-refractivity contribution in [3.05, 3.63) is 0 Å². The van der Waals surface area contributed by atoms with Gasteiger partial charge in [0.15, 0.2) is 0 Å². The molecule has 0 heterocycles. The fourth-order valence-electron chi connectivity index (χ4n) is 1.81. The maximum atomic E-state index is 11.1. The first-order valence-electron chi connectivity index (χ1n) is 6.43. The molecule has 0 aromatic heterocycles. The van der Waals surface area contributed by atoms with E-state index < -0.39 is 46.6 Å². The number of amides is 1. The Bertz CT molecular complexity index is 405. The minimum absolute atomic E-state index is 0. The van der Waals surface area contributed by atoms with E-state index in [9.17, 15) is 29.7 Å². The minimum Gasteiger partial charge on any atom is -0.549 e. The molecule has 0 N–H and O–H groups in total. The zero-order valence-corrected chi connectivity index (χ0v) is 23.1. The number of carboxylic acids is 2. The molecule has 0 spiro atoms. The van der Waals surface area contributed by atoms with E-state index in [-0.39, 0.29) is 101 Å². The summed E-state index contributed by atoms with van der Waals surface area (Å²) in [6.45, 7) is -2.25. The number of rotatable bonds is 12. The molecule has 0 aromatic carbocycles. The summed E-state index contributed by atoms with van der Waals surface area (Å²) < 4.78 is 15.4. The van der Waals surface area contributed by atoms with Crippen molar-refractivity contribution < 1.29 is 132 Å². The van der Waals surface area contributed by atoms with E-state index in [0.29, 0.717) is 4.90 Å². The maximum Gasteiger partial charge on any atom is 1.00 e. The van der Waals surface area contributed by atoms with Gasteiger partial charge in [-0.3, -0.25) is 4.90 Å². The van der Waals surface area contributed by atoms with E-state index in [1.54, 1.807) is 0 Å². The molecule has 0 aliphatic rings. The second kappa shape index (κ2) is 18.3. The smallest absolute Gasteiger partial charge is 0.549 e. The molecule has 26 heavy (non-hydrogen) atoms. The van der Waals surface area contributed by atoms with Crippen LogP contribution in [0.2, 0.25) is 6.04 Å². The quantitative estimate of drug-likeness (QED) is 0.219. The van der Waals surface area contributed by atoms with Crippen molar-refractivity contribution >= 4 is 26.8 Å². The summed E-state index contributed by atoms with van der Waals surface area (Å²) >= 11 is 0. The van der Waals surface area contributed by atoms with Gasteiger partial charge in [-0.15, -0.1) is 0 Å². The molecule has 0 aliphatic heterocycles. The maximum absolute atomic E-state index is 11.1. The van der Waals surface area contributed by atoms with Crippen molar-refractivity contribution in [3.63, 3.8) is 0 Å². The zero-order valence-electron chi connectivity index (χ0n) is 16.1. The molecule has 15 heteroatoms. The summed E-state index contributed by atoms with van der Waals surface area (Å²) in [6.07, 6.45) is -1.61. The third-order valence-corrected chi connectivity index (χ3v) is 5.66. The average molecular weight is 420 g/mol. The van der Waals surface area contributed by atoms with E-state index in [0.717, 1.165) is 4.90 Å². The van der Waals surface area contributed by atoms with Crippen molar-refractivity contribution in [3.8, 4) is 0 Å². The molecule has 0 fully saturated rings. The molecule has 0 atom stereocenters. The number of nitrogens with zero attached hydrogens (tertiary/aromatic N) is 2. The summed E-state index contributed by atoms with van der Waals surface area (Å²) in [4.78, 5) is 33.9. The molecule has 11 nitrogen and oxygen atoms in total. The van der Waals surface area contributed by atoms with E-state index in [2.05, 4.69) is 0 Å². The molecule has 1 amide bonds. The Labute approximate surface area is 219 Å². The second-order valence-electron chi connectivity index (χ2n) is 4.45. The molecule has 0 saturated carbocycles. The summed E-state index contributed by atoms with van der Waals surface area (Å²) in [5, 5.41) is 32.3. The predicted octanol–water partition coefficient (Wildman–Crippen LogP) is -13.7. The van der Waals surface area contributed by atoms with Crippen molar-refractivity contribution in [2.45, 2.75) is 6.04 Å². The van der Waals surface area contributed by atoms with Gasteiger partial charge in [0, 0.05) is 47.0 Å². The molecular formula is C11H19N2Na3O9Si. The Balaban J connectivity index is -0.000000807. The largest absolute Gasteiger partial charge is 1.00 e. The SMILES string of the molecule is CO[Si](CCN(CN(CC(=O)[O-])CC(=O)[O-])C(=O)[O-])(OC)OC.[Na+].[Na+].[Na+]. The van der Waals surface area contributed by atoms with Crippen LogP contribution in [0.3, 0.4) is 0 Å². The van der Waals surface area contributed by atoms with Crippen molar-refractivity contribution in [1.82, 2.24) is 9.80 Å². The first-order chi connectivity index (χ1) is 10.7. The van der Waals surface area contributed by atoms with Gasteiger partial charge in [-0.1, -0.05) is 0 Å². The van der Waals surface area contributed by atoms with Crippen LogP contribution in [-0.4, -0.2) is 84.3 Å². The summed E-state index contributed by atoms with van der Waals surface area (Å²) in [5.41, 5.74) is 0. The summed E-state index contributed by atoms with van der Waals surface area (Å²) in [6, 6.07) is 0.0644. The van der Waals surface area contributed by atoms with Gasteiger partial charge in [0.05, 0.1) is 18.6 Å². The molecule has 0 saturated heterocycles. The van der Waals surface area contributed by atoms with Gasteiger partial charge in [-0.2, -0.15) is 0 Å². The molecule has 0 unspecified atom stereocenters. The Morgan fingerprint density at radius 3 is 1.50 bits per heavy atom. The van der Waals surface area contributed by atoms with Gasteiger partial charge in [0.1, 0.15) is 6.09 Å². The van der Waals surface area contributed by atoms with E-state index >= 15 is 0 Å². The monoisotopic (exact) mass is 420 g/mol. The fourth-order valence-corrected chi connectivity index (χ4v) is 3.47. The first-order valence-corrected chi connectivity index (χ1v) is 8.36. The number of carboxylic acid groups (broad SMARTS) is 3. The van der Waals surface area contributed by atoms with Gasteiger partial charge < -0.3 is 47.9 Å². The number of carbonyl (C=O) groups excluding carboxylic acids is 3. The molecule has 0 bridgehead atoms. The number of carbonyl (C=O) groups is 3. The van der Waals surface area contributed by atoms with Crippen LogP contribution in [0.5, 0.6) is 0 Å². The van der Waals surface area contributed by atoms with Crippen LogP contribution in [0.25, 0.3) is 0 Å². The minimum atomic E-state index is -3.05.